The van der Waals surface area contributed by atoms with Crippen molar-refractivity contribution in [2.75, 3.05) is 6.61 Å². The van der Waals surface area contributed by atoms with Crippen LogP contribution in [0.1, 0.15) is 66.2 Å². The summed E-state index contributed by atoms with van der Waals surface area (Å²) >= 11 is 0. The fourth-order valence-corrected chi connectivity index (χ4v) is 2.39. The minimum absolute atomic E-state index is 0.125. The maximum atomic E-state index is 11.9. The lowest BCUT2D eigenvalue weighted by molar-refractivity contribution is -0.164. The highest BCUT2D eigenvalue weighted by Crippen LogP contribution is 2.33. The fraction of sp³-hybridized carbons (Fsp3) is 0.933. The zero-order valence-electron chi connectivity index (χ0n) is 12.3. The summed E-state index contributed by atoms with van der Waals surface area (Å²) < 4.78 is 5.33. The third-order valence-corrected chi connectivity index (χ3v) is 4.42. The molecule has 18 heavy (non-hydrogen) atoms. The molecule has 1 aliphatic rings. The summed E-state index contributed by atoms with van der Waals surface area (Å²) in [6.45, 7) is 7.66. The van der Waals surface area contributed by atoms with Gasteiger partial charge in [0.05, 0.1) is 11.0 Å². The molecule has 0 amide bonds. The van der Waals surface area contributed by atoms with Crippen LogP contribution < -0.4 is 0 Å². The summed E-state index contributed by atoms with van der Waals surface area (Å²) in [5, 5.41) is 10.4. The van der Waals surface area contributed by atoms with E-state index >= 15 is 0 Å². The standard InChI is InChI=1S/C15H28O3/c1-5-14(2,3)13(16)18-11-15(4,17)12-9-7-6-8-10-12/h12,17H,5-11H2,1-4H3. The number of ether oxygens (including phenoxy) is 1. The molecule has 0 aromatic heterocycles. The molecule has 0 heterocycles. The Morgan fingerprint density at radius 2 is 1.78 bits per heavy atom. The number of hydrogen-bond donors (Lipinski definition) is 1. The van der Waals surface area contributed by atoms with E-state index in [1.54, 1.807) is 6.92 Å². The van der Waals surface area contributed by atoms with Crippen molar-refractivity contribution < 1.29 is 14.6 Å². The van der Waals surface area contributed by atoms with Gasteiger partial charge < -0.3 is 9.84 Å². The first-order valence-corrected chi connectivity index (χ1v) is 7.19. The van der Waals surface area contributed by atoms with Gasteiger partial charge >= 0.3 is 5.97 Å². The molecule has 0 aliphatic heterocycles. The highest BCUT2D eigenvalue weighted by molar-refractivity contribution is 5.75. The number of aliphatic hydroxyl groups is 1. The van der Waals surface area contributed by atoms with Crippen molar-refractivity contribution in [3.63, 3.8) is 0 Å². The second kappa shape index (κ2) is 6.05. The van der Waals surface area contributed by atoms with Crippen LogP contribution >= 0.6 is 0 Å². The topological polar surface area (TPSA) is 46.5 Å². The fourth-order valence-electron chi connectivity index (χ4n) is 2.39. The Hall–Kier alpha value is -0.570. The van der Waals surface area contributed by atoms with Crippen molar-refractivity contribution in [2.45, 2.75) is 71.8 Å². The van der Waals surface area contributed by atoms with Gasteiger partial charge in [-0.3, -0.25) is 4.79 Å². The van der Waals surface area contributed by atoms with Gasteiger partial charge in [0.2, 0.25) is 0 Å². The molecule has 1 unspecified atom stereocenters. The van der Waals surface area contributed by atoms with Gasteiger partial charge in [-0.15, -0.1) is 0 Å². The zero-order valence-corrected chi connectivity index (χ0v) is 12.3. The van der Waals surface area contributed by atoms with E-state index in [9.17, 15) is 9.90 Å². The second-order valence-electron chi connectivity index (χ2n) is 6.51. The molecule has 3 heteroatoms. The minimum atomic E-state index is -0.875. The lowest BCUT2D eigenvalue weighted by Gasteiger charge is -2.35. The van der Waals surface area contributed by atoms with Crippen molar-refractivity contribution in [3.8, 4) is 0 Å². The molecule has 106 valence electrons. The smallest absolute Gasteiger partial charge is 0.311 e. The molecule has 1 saturated carbocycles. The third kappa shape index (κ3) is 3.98. The van der Waals surface area contributed by atoms with Crippen LogP contribution in [0, 0.1) is 11.3 Å². The number of carbonyl (C=O) groups is 1. The highest BCUT2D eigenvalue weighted by Gasteiger charge is 2.36. The highest BCUT2D eigenvalue weighted by atomic mass is 16.5. The van der Waals surface area contributed by atoms with E-state index in [1.165, 1.54) is 19.3 Å². The van der Waals surface area contributed by atoms with Crippen LogP contribution in [-0.2, 0) is 9.53 Å². The van der Waals surface area contributed by atoms with E-state index in [2.05, 4.69) is 0 Å². The maximum absolute atomic E-state index is 11.9. The van der Waals surface area contributed by atoms with Gasteiger partial charge in [-0.1, -0.05) is 26.2 Å². The first kappa shape index (κ1) is 15.5. The third-order valence-electron chi connectivity index (χ3n) is 4.42. The van der Waals surface area contributed by atoms with Crippen molar-refractivity contribution in [2.24, 2.45) is 11.3 Å². The summed E-state index contributed by atoms with van der Waals surface area (Å²) in [4.78, 5) is 11.9. The zero-order chi connectivity index (χ0) is 13.8. The van der Waals surface area contributed by atoms with E-state index in [1.807, 2.05) is 20.8 Å². The summed E-state index contributed by atoms with van der Waals surface area (Å²) in [5.74, 6) is 0.0601. The van der Waals surface area contributed by atoms with Crippen LogP contribution in [0.3, 0.4) is 0 Å². The van der Waals surface area contributed by atoms with Crippen LogP contribution in [-0.4, -0.2) is 23.3 Å². The minimum Gasteiger partial charge on any atom is -0.462 e. The molecule has 0 aromatic carbocycles. The Balaban J connectivity index is 2.48. The molecule has 1 N–H and O–H groups in total. The van der Waals surface area contributed by atoms with Crippen LogP contribution in [0.2, 0.25) is 0 Å². The van der Waals surface area contributed by atoms with Gasteiger partial charge in [0, 0.05) is 0 Å². The Kier molecular flexibility index (Phi) is 5.20. The van der Waals surface area contributed by atoms with E-state index in [0.717, 1.165) is 19.3 Å². The monoisotopic (exact) mass is 256 g/mol. The Morgan fingerprint density at radius 1 is 1.22 bits per heavy atom. The number of rotatable bonds is 5. The molecular weight excluding hydrogens is 228 g/mol. The van der Waals surface area contributed by atoms with Crippen molar-refractivity contribution in [1.82, 2.24) is 0 Å². The molecule has 1 fully saturated rings. The Bertz CT molecular complexity index is 275. The van der Waals surface area contributed by atoms with E-state index in [4.69, 9.17) is 4.74 Å². The van der Waals surface area contributed by atoms with E-state index in [-0.39, 0.29) is 18.5 Å². The van der Waals surface area contributed by atoms with Gasteiger partial charge in [0.15, 0.2) is 0 Å². The van der Waals surface area contributed by atoms with Crippen LogP contribution in [0.4, 0.5) is 0 Å². The normalized spacial score (nSPS) is 21.4. The molecular formula is C15H28O3. The van der Waals surface area contributed by atoms with Gasteiger partial charge in [0.1, 0.15) is 6.61 Å². The first-order valence-electron chi connectivity index (χ1n) is 7.19. The molecule has 1 rings (SSSR count). The van der Waals surface area contributed by atoms with Crippen LogP contribution in [0.15, 0.2) is 0 Å². The number of esters is 1. The summed E-state index contributed by atoms with van der Waals surface area (Å²) in [6, 6.07) is 0. The average molecular weight is 256 g/mol. The Labute approximate surface area is 111 Å². The lowest BCUT2D eigenvalue weighted by Crippen LogP contribution is -2.42. The quantitative estimate of drug-likeness (QED) is 0.768. The van der Waals surface area contributed by atoms with Crippen molar-refractivity contribution in [1.29, 1.82) is 0 Å². The lowest BCUT2D eigenvalue weighted by atomic mass is 9.78. The summed E-state index contributed by atoms with van der Waals surface area (Å²) in [6.07, 6.45) is 6.44. The average Bonchev–Trinajstić information content (AvgIpc) is 2.37. The molecule has 0 bridgehead atoms. The molecule has 1 atom stereocenters. The summed E-state index contributed by atoms with van der Waals surface area (Å²) in [5.41, 5.74) is -1.33. The molecule has 0 saturated heterocycles. The van der Waals surface area contributed by atoms with Gasteiger partial charge in [0.25, 0.3) is 0 Å². The molecule has 0 aromatic rings. The van der Waals surface area contributed by atoms with Gasteiger partial charge in [-0.05, 0) is 46.0 Å². The van der Waals surface area contributed by atoms with E-state index in [0.29, 0.717) is 0 Å². The maximum Gasteiger partial charge on any atom is 0.311 e. The predicted octanol–water partition coefficient (Wildman–Crippen LogP) is 3.30. The summed E-state index contributed by atoms with van der Waals surface area (Å²) in [7, 11) is 0. The van der Waals surface area contributed by atoms with Gasteiger partial charge in [-0.2, -0.15) is 0 Å². The number of carbonyl (C=O) groups excluding carboxylic acids is 1. The van der Waals surface area contributed by atoms with Crippen molar-refractivity contribution in [3.05, 3.63) is 0 Å². The van der Waals surface area contributed by atoms with E-state index < -0.39 is 11.0 Å². The molecule has 3 nitrogen and oxygen atoms in total. The van der Waals surface area contributed by atoms with Gasteiger partial charge in [-0.25, -0.2) is 0 Å². The molecule has 1 aliphatic carbocycles. The largest absolute Gasteiger partial charge is 0.462 e. The van der Waals surface area contributed by atoms with Crippen LogP contribution in [0.25, 0.3) is 0 Å². The number of hydrogen-bond acceptors (Lipinski definition) is 3. The molecule has 0 spiro atoms. The first-order chi connectivity index (χ1) is 8.29. The SMILES string of the molecule is CCC(C)(C)C(=O)OCC(C)(O)C1CCCCC1. The second-order valence-corrected chi connectivity index (χ2v) is 6.51. The van der Waals surface area contributed by atoms with Crippen molar-refractivity contribution >= 4 is 5.97 Å². The molecule has 0 radical (unpaired) electrons. The predicted molar refractivity (Wildman–Crippen MR) is 72.2 cm³/mol. The van der Waals surface area contributed by atoms with Crippen LogP contribution in [0.5, 0.6) is 0 Å². The Morgan fingerprint density at radius 3 is 2.28 bits per heavy atom.